The maximum atomic E-state index is 13.3. The van der Waals surface area contributed by atoms with Crippen LogP contribution in [-0.2, 0) is 16.2 Å². The van der Waals surface area contributed by atoms with Crippen LogP contribution < -0.4 is 15.0 Å². The fourth-order valence-corrected chi connectivity index (χ4v) is 4.86. The Morgan fingerprint density at radius 3 is 2.24 bits per heavy atom. The number of hydrogen-bond acceptors (Lipinski definition) is 4. The molecule has 2 aliphatic rings. The summed E-state index contributed by atoms with van der Waals surface area (Å²) in [6.07, 6.45) is 3.57. The molecule has 1 saturated heterocycles. The van der Waals surface area contributed by atoms with Gasteiger partial charge < -0.3 is 4.74 Å². The number of aryl methyl sites for hydroxylation is 1. The van der Waals surface area contributed by atoms with Crippen LogP contribution in [0.15, 0.2) is 113 Å². The Balaban J connectivity index is 1.37. The van der Waals surface area contributed by atoms with E-state index in [1.807, 2.05) is 93.6 Å². The van der Waals surface area contributed by atoms with Crippen LogP contribution in [-0.4, -0.2) is 17.8 Å². The monoisotopic (exact) mass is 504 g/mol. The van der Waals surface area contributed by atoms with Crippen LogP contribution in [0.3, 0.4) is 0 Å². The van der Waals surface area contributed by atoms with E-state index in [4.69, 9.17) is 4.74 Å². The summed E-state index contributed by atoms with van der Waals surface area (Å²) >= 11 is 0. The molecule has 4 amide bonds. The third-order valence-electron chi connectivity index (χ3n) is 6.88. The van der Waals surface area contributed by atoms with Crippen molar-refractivity contribution in [1.29, 1.82) is 0 Å². The second-order valence-corrected chi connectivity index (χ2v) is 9.60. The molecule has 1 aliphatic heterocycles. The Hall–Kier alpha value is -4.71. The van der Waals surface area contributed by atoms with E-state index < -0.39 is 17.8 Å². The van der Waals surface area contributed by atoms with Gasteiger partial charge in [0.25, 0.3) is 11.8 Å². The first-order valence-electron chi connectivity index (χ1n) is 12.5. The summed E-state index contributed by atoms with van der Waals surface area (Å²) in [6, 6.07) is 24.2. The molecule has 5 rings (SSSR count). The number of hydrogen-bond donors (Lipinski definition) is 1. The Bertz CT molecular complexity index is 1500. The van der Waals surface area contributed by atoms with Crippen molar-refractivity contribution in [2.45, 2.75) is 33.3 Å². The van der Waals surface area contributed by atoms with Crippen LogP contribution in [0.5, 0.6) is 5.75 Å². The van der Waals surface area contributed by atoms with E-state index in [1.165, 1.54) is 0 Å². The quantitative estimate of drug-likeness (QED) is 0.323. The predicted octanol–water partition coefficient (Wildman–Crippen LogP) is 6.14. The van der Waals surface area contributed by atoms with Gasteiger partial charge in [-0.05, 0) is 67.8 Å². The lowest BCUT2D eigenvalue weighted by atomic mass is 9.89. The van der Waals surface area contributed by atoms with Crippen molar-refractivity contribution >= 4 is 23.5 Å². The van der Waals surface area contributed by atoms with Gasteiger partial charge in [-0.2, -0.15) is 0 Å². The number of nitrogens with one attached hydrogen (secondary N) is 1. The summed E-state index contributed by atoms with van der Waals surface area (Å²) in [6.45, 7) is 6.45. The smallest absolute Gasteiger partial charge is 0.335 e. The molecule has 1 atom stereocenters. The van der Waals surface area contributed by atoms with Gasteiger partial charge >= 0.3 is 6.03 Å². The minimum atomic E-state index is -0.753. The molecule has 0 aromatic heterocycles. The molecule has 0 spiro atoms. The third kappa shape index (κ3) is 4.93. The highest BCUT2D eigenvalue weighted by atomic mass is 16.5. The van der Waals surface area contributed by atoms with Crippen LogP contribution in [0.25, 0.3) is 0 Å². The summed E-state index contributed by atoms with van der Waals surface area (Å²) in [5.41, 5.74) is 6.43. The molecule has 3 aromatic rings. The number of carbonyl (C=O) groups is 3. The number of anilines is 1. The van der Waals surface area contributed by atoms with Crippen LogP contribution in [0, 0.1) is 6.92 Å². The average molecular weight is 505 g/mol. The maximum absolute atomic E-state index is 13.3. The SMILES string of the molecule is CC1=CC(/C=C2\C(=O)NC(=O)N(c3ccc(C)cc3)C2=O)=C(C)[C@H]1c1ccc(OCc2ccccc2)cc1. The third-order valence-corrected chi connectivity index (χ3v) is 6.88. The topological polar surface area (TPSA) is 75.7 Å². The number of amides is 4. The van der Waals surface area contributed by atoms with Crippen LogP contribution >= 0.6 is 0 Å². The molecule has 0 bridgehead atoms. The lowest BCUT2D eigenvalue weighted by molar-refractivity contribution is -0.122. The first kappa shape index (κ1) is 25.0. The van der Waals surface area contributed by atoms with E-state index in [1.54, 1.807) is 18.2 Å². The molecule has 3 aromatic carbocycles. The fraction of sp³-hybridized carbons (Fsp3) is 0.156. The zero-order valence-electron chi connectivity index (χ0n) is 21.5. The number of imide groups is 2. The normalized spacial score (nSPS) is 18.7. The maximum Gasteiger partial charge on any atom is 0.335 e. The van der Waals surface area contributed by atoms with Gasteiger partial charge in [-0.25, -0.2) is 9.69 Å². The van der Waals surface area contributed by atoms with Gasteiger partial charge in [0.05, 0.1) is 5.69 Å². The fourth-order valence-electron chi connectivity index (χ4n) is 4.86. The van der Waals surface area contributed by atoms with Gasteiger partial charge in [0.15, 0.2) is 0 Å². The van der Waals surface area contributed by atoms with Gasteiger partial charge in [0, 0.05) is 5.92 Å². The number of carbonyl (C=O) groups excluding carboxylic acids is 3. The molecule has 1 N–H and O–H groups in total. The number of rotatable bonds is 6. The molecular formula is C32H28N2O4. The number of allylic oxidation sites excluding steroid dienone is 5. The van der Waals surface area contributed by atoms with Crippen molar-refractivity contribution in [3.63, 3.8) is 0 Å². The summed E-state index contributed by atoms with van der Waals surface area (Å²) in [5, 5.41) is 2.30. The number of barbiturate groups is 1. The molecule has 1 fully saturated rings. The Morgan fingerprint density at radius 1 is 0.868 bits per heavy atom. The zero-order chi connectivity index (χ0) is 26.8. The van der Waals surface area contributed by atoms with E-state index in [2.05, 4.69) is 5.32 Å². The molecule has 6 heteroatoms. The summed E-state index contributed by atoms with van der Waals surface area (Å²) in [4.78, 5) is 39.5. The van der Waals surface area contributed by atoms with E-state index in [9.17, 15) is 14.4 Å². The van der Waals surface area contributed by atoms with Crippen molar-refractivity contribution < 1.29 is 19.1 Å². The first-order valence-corrected chi connectivity index (χ1v) is 12.5. The van der Waals surface area contributed by atoms with E-state index in [-0.39, 0.29) is 11.5 Å². The second kappa shape index (κ2) is 10.3. The number of nitrogens with zero attached hydrogens (tertiary/aromatic N) is 1. The highest BCUT2D eigenvalue weighted by molar-refractivity contribution is 6.37. The minimum Gasteiger partial charge on any atom is -0.489 e. The van der Waals surface area contributed by atoms with Crippen molar-refractivity contribution in [3.8, 4) is 5.75 Å². The summed E-state index contributed by atoms with van der Waals surface area (Å²) in [7, 11) is 0. The Kier molecular flexibility index (Phi) is 6.79. The number of benzene rings is 3. The highest BCUT2D eigenvalue weighted by Crippen LogP contribution is 2.40. The van der Waals surface area contributed by atoms with Crippen LogP contribution in [0.4, 0.5) is 10.5 Å². The zero-order valence-corrected chi connectivity index (χ0v) is 21.5. The van der Waals surface area contributed by atoms with Crippen molar-refractivity contribution in [2.24, 2.45) is 0 Å². The molecule has 0 unspecified atom stereocenters. The standard InChI is InChI=1S/C32H28N2O4/c1-20-9-13-26(14-10-20)34-31(36)28(30(35)33-32(34)37)18-25-17-21(2)29(22(25)3)24-11-15-27(16-12-24)38-19-23-7-5-4-6-8-23/h4-18,29H,19H2,1-3H3,(H,33,35,37)/b28-18+/t29-/m0/s1. The van der Waals surface area contributed by atoms with Crippen LogP contribution in [0.1, 0.15) is 36.5 Å². The molecule has 190 valence electrons. The lowest BCUT2D eigenvalue weighted by Crippen LogP contribution is -2.54. The van der Waals surface area contributed by atoms with Crippen LogP contribution in [0.2, 0.25) is 0 Å². The molecule has 1 aliphatic carbocycles. The average Bonchev–Trinajstić information content (AvgIpc) is 3.19. The molecule has 6 nitrogen and oxygen atoms in total. The van der Waals surface area contributed by atoms with Crippen molar-refractivity contribution in [3.05, 3.63) is 130 Å². The van der Waals surface area contributed by atoms with Crippen molar-refractivity contribution in [1.82, 2.24) is 5.32 Å². The molecule has 0 saturated carbocycles. The van der Waals surface area contributed by atoms with Gasteiger partial charge in [-0.1, -0.05) is 77.4 Å². The lowest BCUT2D eigenvalue weighted by Gasteiger charge is -2.26. The largest absolute Gasteiger partial charge is 0.489 e. The van der Waals surface area contributed by atoms with E-state index >= 15 is 0 Å². The molecule has 0 radical (unpaired) electrons. The first-order chi connectivity index (χ1) is 18.3. The summed E-state index contributed by atoms with van der Waals surface area (Å²) in [5.74, 6) is -0.538. The minimum absolute atomic E-state index is 0.0154. The summed E-state index contributed by atoms with van der Waals surface area (Å²) < 4.78 is 5.92. The molecule has 38 heavy (non-hydrogen) atoms. The van der Waals surface area contributed by atoms with Gasteiger partial charge in [-0.3, -0.25) is 14.9 Å². The Labute approximate surface area is 221 Å². The number of ether oxygens (including phenoxy) is 1. The number of urea groups is 1. The Morgan fingerprint density at radius 2 is 1.55 bits per heavy atom. The second-order valence-electron chi connectivity index (χ2n) is 9.60. The van der Waals surface area contributed by atoms with Gasteiger partial charge in [-0.15, -0.1) is 0 Å². The molecule has 1 heterocycles. The van der Waals surface area contributed by atoms with Crippen molar-refractivity contribution in [2.75, 3.05) is 4.90 Å². The van der Waals surface area contributed by atoms with E-state index in [0.717, 1.165) is 44.1 Å². The highest BCUT2D eigenvalue weighted by Gasteiger charge is 2.37. The van der Waals surface area contributed by atoms with Gasteiger partial charge in [0.2, 0.25) is 0 Å². The molecular weight excluding hydrogens is 476 g/mol. The van der Waals surface area contributed by atoms with E-state index in [0.29, 0.717) is 12.3 Å². The van der Waals surface area contributed by atoms with Gasteiger partial charge in [0.1, 0.15) is 17.9 Å². The predicted molar refractivity (Wildman–Crippen MR) is 147 cm³/mol.